The van der Waals surface area contributed by atoms with E-state index >= 15 is 0 Å². The number of nitrogens with zero attached hydrogens (tertiary/aromatic N) is 2. The monoisotopic (exact) mass is 147 g/mol. The van der Waals surface area contributed by atoms with Crippen LogP contribution in [0.2, 0.25) is 0 Å². The summed E-state index contributed by atoms with van der Waals surface area (Å²) in [7, 11) is 0. The van der Waals surface area contributed by atoms with Gasteiger partial charge in [-0.2, -0.15) is 10.1 Å². The fraction of sp³-hybridized carbons (Fsp3) is 0. The van der Waals surface area contributed by atoms with Crippen LogP contribution in [0.3, 0.4) is 0 Å². The lowest BCUT2D eigenvalue weighted by Gasteiger charge is -2.02. The maximum atomic E-state index is 9.87. The number of nitrogens with one attached hydrogen (secondary N) is 2. The Morgan fingerprint density at radius 1 is 1.89 bits per heavy atom. The third kappa shape index (κ3) is 1.78. The van der Waals surface area contributed by atoms with Crippen LogP contribution in [0, 0.1) is 0 Å². The standard InChI is InChI=1S/C2H4N4O2S/c7-9(8)6-2-3-1-4-5-2/h1H,(H,7,8)(H2,3,4,5,6)/p-1. The van der Waals surface area contributed by atoms with Gasteiger partial charge >= 0.3 is 0 Å². The molecule has 6 nitrogen and oxygen atoms in total. The van der Waals surface area contributed by atoms with Gasteiger partial charge in [-0.15, -0.1) is 0 Å². The smallest absolute Gasteiger partial charge is 0.229 e. The summed E-state index contributed by atoms with van der Waals surface area (Å²) in [6, 6.07) is 0. The Kier molecular flexibility index (Phi) is 1.75. The minimum Gasteiger partial charge on any atom is -0.755 e. The van der Waals surface area contributed by atoms with Crippen molar-refractivity contribution in [3.63, 3.8) is 0 Å². The highest BCUT2D eigenvalue weighted by molar-refractivity contribution is 7.80. The number of H-pyrrole nitrogens is 1. The second-order valence-corrected chi connectivity index (χ2v) is 1.84. The fourth-order valence-corrected chi connectivity index (χ4v) is 0.590. The van der Waals surface area contributed by atoms with Crippen LogP contribution in [0.25, 0.3) is 0 Å². The lowest BCUT2D eigenvalue weighted by atomic mass is 11.1. The van der Waals surface area contributed by atoms with Crippen molar-refractivity contribution in [3.8, 4) is 0 Å². The molecule has 0 amide bonds. The van der Waals surface area contributed by atoms with Crippen molar-refractivity contribution in [2.45, 2.75) is 0 Å². The first-order chi connectivity index (χ1) is 4.29. The summed E-state index contributed by atoms with van der Waals surface area (Å²) < 4.78 is 21.7. The summed E-state index contributed by atoms with van der Waals surface area (Å²) in [6.07, 6.45) is 1.20. The highest BCUT2D eigenvalue weighted by atomic mass is 32.2. The van der Waals surface area contributed by atoms with E-state index in [4.69, 9.17) is 0 Å². The lowest BCUT2D eigenvalue weighted by Crippen LogP contribution is -2.03. The predicted octanol–water partition coefficient (Wildman–Crippen LogP) is -0.989. The van der Waals surface area contributed by atoms with Crippen molar-refractivity contribution in [1.29, 1.82) is 0 Å². The summed E-state index contributed by atoms with van der Waals surface area (Å²) in [4.78, 5) is 3.49. The molecule has 1 heterocycles. The molecule has 1 aromatic rings. The number of aromatic nitrogens is 3. The van der Waals surface area contributed by atoms with E-state index in [1.165, 1.54) is 6.33 Å². The van der Waals surface area contributed by atoms with Gasteiger partial charge in [0.25, 0.3) is 0 Å². The zero-order valence-corrected chi connectivity index (χ0v) is 5.01. The Hall–Kier alpha value is -0.950. The molecule has 0 radical (unpaired) electrons. The third-order valence-electron chi connectivity index (χ3n) is 0.595. The van der Waals surface area contributed by atoms with Crippen molar-refractivity contribution in [2.24, 2.45) is 0 Å². The van der Waals surface area contributed by atoms with Crippen LogP contribution in [-0.2, 0) is 11.3 Å². The zero-order valence-electron chi connectivity index (χ0n) is 4.20. The minimum absolute atomic E-state index is 0.114. The molecule has 0 bridgehead atoms. The molecule has 7 heteroatoms. The molecule has 50 valence electrons. The second kappa shape index (κ2) is 2.55. The molecule has 0 aromatic carbocycles. The maximum absolute atomic E-state index is 9.87. The Morgan fingerprint density at radius 3 is 3.11 bits per heavy atom. The topological polar surface area (TPSA) is 93.7 Å². The van der Waals surface area contributed by atoms with Crippen molar-refractivity contribution >= 4 is 17.2 Å². The molecular weight excluding hydrogens is 144 g/mol. The Morgan fingerprint density at radius 2 is 2.67 bits per heavy atom. The Bertz CT molecular complexity index is 196. The predicted molar refractivity (Wildman–Crippen MR) is 28.9 cm³/mol. The van der Waals surface area contributed by atoms with Crippen molar-refractivity contribution in [3.05, 3.63) is 6.33 Å². The van der Waals surface area contributed by atoms with E-state index in [1.54, 1.807) is 0 Å². The van der Waals surface area contributed by atoms with E-state index in [2.05, 4.69) is 15.2 Å². The number of rotatable bonds is 2. The van der Waals surface area contributed by atoms with Crippen LogP contribution in [0.5, 0.6) is 0 Å². The van der Waals surface area contributed by atoms with Crippen LogP contribution in [0.4, 0.5) is 5.95 Å². The number of anilines is 1. The van der Waals surface area contributed by atoms with E-state index in [1.807, 2.05) is 4.72 Å². The fourth-order valence-electron chi connectivity index (χ4n) is 0.334. The Balaban J connectivity index is 2.58. The van der Waals surface area contributed by atoms with E-state index in [-0.39, 0.29) is 5.95 Å². The van der Waals surface area contributed by atoms with Gasteiger partial charge in [0.05, 0.1) is 0 Å². The van der Waals surface area contributed by atoms with Crippen LogP contribution in [0.1, 0.15) is 0 Å². The number of hydrogen-bond acceptors (Lipinski definition) is 4. The molecule has 0 spiro atoms. The van der Waals surface area contributed by atoms with Crippen LogP contribution < -0.4 is 4.72 Å². The molecule has 1 atom stereocenters. The first kappa shape index (κ1) is 6.17. The average Bonchev–Trinajstić information content (AvgIpc) is 2.15. The van der Waals surface area contributed by atoms with Crippen molar-refractivity contribution in [1.82, 2.24) is 15.2 Å². The molecular formula is C2H3N4O2S-. The van der Waals surface area contributed by atoms with Gasteiger partial charge in [0.15, 0.2) is 0 Å². The average molecular weight is 147 g/mol. The van der Waals surface area contributed by atoms with Gasteiger partial charge in [-0.05, 0) is 0 Å². The van der Waals surface area contributed by atoms with Gasteiger partial charge in [-0.25, -0.2) is 5.10 Å². The van der Waals surface area contributed by atoms with E-state index < -0.39 is 11.3 Å². The van der Waals surface area contributed by atoms with Gasteiger partial charge in [-0.3, -0.25) is 8.93 Å². The maximum Gasteiger partial charge on any atom is 0.229 e. The Labute approximate surface area is 53.1 Å². The summed E-state index contributed by atoms with van der Waals surface area (Å²) >= 11 is -2.33. The van der Waals surface area contributed by atoms with Crippen LogP contribution in [0.15, 0.2) is 6.33 Å². The SMILES string of the molecule is O=S([O-])Nc1ncn[nH]1. The normalized spacial score (nSPS) is 13.0. The quantitative estimate of drug-likeness (QED) is 0.525. The number of aromatic amines is 1. The third-order valence-corrected chi connectivity index (χ3v) is 0.955. The van der Waals surface area contributed by atoms with Gasteiger partial charge in [-0.1, -0.05) is 0 Å². The summed E-state index contributed by atoms with van der Waals surface area (Å²) in [6.45, 7) is 0. The van der Waals surface area contributed by atoms with E-state index in [0.29, 0.717) is 0 Å². The molecule has 9 heavy (non-hydrogen) atoms. The molecule has 2 N–H and O–H groups in total. The summed E-state index contributed by atoms with van der Waals surface area (Å²) in [5.74, 6) is 0.114. The first-order valence-corrected chi connectivity index (χ1v) is 3.08. The minimum atomic E-state index is -2.33. The molecule has 0 saturated carbocycles. The molecule has 1 unspecified atom stereocenters. The molecule has 0 aliphatic carbocycles. The molecule has 1 aromatic heterocycles. The molecule has 1 rings (SSSR count). The van der Waals surface area contributed by atoms with E-state index in [9.17, 15) is 8.76 Å². The molecule has 0 fully saturated rings. The highest BCUT2D eigenvalue weighted by Crippen LogP contribution is 1.90. The summed E-state index contributed by atoms with van der Waals surface area (Å²) in [5, 5.41) is 5.71. The van der Waals surface area contributed by atoms with Crippen molar-refractivity contribution < 1.29 is 8.76 Å². The van der Waals surface area contributed by atoms with Crippen molar-refractivity contribution in [2.75, 3.05) is 4.72 Å². The largest absolute Gasteiger partial charge is 0.755 e. The molecule has 0 saturated heterocycles. The number of hydrogen-bond donors (Lipinski definition) is 2. The van der Waals surface area contributed by atoms with Gasteiger partial charge in [0.2, 0.25) is 5.95 Å². The second-order valence-electron chi connectivity index (χ2n) is 1.17. The summed E-state index contributed by atoms with van der Waals surface area (Å²) in [5.41, 5.74) is 0. The molecule has 0 aliphatic rings. The van der Waals surface area contributed by atoms with Gasteiger partial charge in [0.1, 0.15) is 6.33 Å². The van der Waals surface area contributed by atoms with Crippen LogP contribution in [-0.4, -0.2) is 23.9 Å². The van der Waals surface area contributed by atoms with Gasteiger partial charge in [0, 0.05) is 11.3 Å². The lowest BCUT2D eigenvalue weighted by molar-refractivity contribution is 0.542. The highest BCUT2D eigenvalue weighted by Gasteiger charge is 1.88. The van der Waals surface area contributed by atoms with Gasteiger partial charge < -0.3 is 4.55 Å². The molecule has 0 aliphatic heterocycles. The van der Waals surface area contributed by atoms with E-state index in [0.717, 1.165) is 0 Å². The zero-order chi connectivity index (χ0) is 6.69. The van der Waals surface area contributed by atoms with Crippen LogP contribution >= 0.6 is 0 Å². The first-order valence-electron chi connectivity index (χ1n) is 2.00.